The zero-order chi connectivity index (χ0) is 30.2. The van der Waals surface area contributed by atoms with Crippen molar-refractivity contribution in [1.29, 1.82) is 0 Å². The molecule has 0 bridgehead atoms. The van der Waals surface area contributed by atoms with Crippen LogP contribution in [0.4, 0.5) is 0 Å². The van der Waals surface area contributed by atoms with E-state index in [0.717, 1.165) is 0 Å². The highest BCUT2D eigenvalue weighted by Crippen LogP contribution is 2.52. The summed E-state index contributed by atoms with van der Waals surface area (Å²) in [7, 11) is 0. The molecule has 46 heavy (non-hydrogen) atoms. The Bertz CT molecular complexity index is 2520. The molecule has 0 saturated heterocycles. The van der Waals surface area contributed by atoms with Crippen LogP contribution in [0.25, 0.3) is 92.9 Å². The fourth-order valence-corrected chi connectivity index (χ4v) is 12.0. The van der Waals surface area contributed by atoms with Crippen LogP contribution >= 0.6 is 45.3 Å². The number of rotatable bonds is 4. The first-order valence-corrected chi connectivity index (χ1v) is 18.6. The molecular weight excluding hydrogens is 633 g/mol. The van der Waals surface area contributed by atoms with Crippen molar-refractivity contribution in [1.82, 2.24) is 0 Å². The second-order valence-electron chi connectivity index (χ2n) is 11.6. The first-order valence-electron chi connectivity index (χ1n) is 15.3. The van der Waals surface area contributed by atoms with Crippen LogP contribution in [0.1, 0.15) is 0 Å². The lowest BCUT2D eigenvalue weighted by atomic mass is 10.0. The molecule has 10 rings (SSSR count). The fourth-order valence-electron chi connectivity index (χ4n) is 6.74. The third kappa shape index (κ3) is 4.08. The Hall–Kier alpha value is -4.58. The van der Waals surface area contributed by atoms with Gasteiger partial charge in [0.15, 0.2) is 0 Å². The third-order valence-corrected chi connectivity index (χ3v) is 14.0. The molecule has 0 radical (unpaired) electrons. The van der Waals surface area contributed by atoms with Crippen molar-refractivity contribution in [3.8, 4) is 41.8 Å². The highest BCUT2D eigenvalue weighted by molar-refractivity contribution is 7.36. The highest BCUT2D eigenvalue weighted by Gasteiger charge is 2.21. The molecule has 0 N–H and O–H groups in total. The Morgan fingerprint density at radius 3 is 0.848 bits per heavy atom. The Morgan fingerprint density at radius 2 is 0.543 bits per heavy atom. The van der Waals surface area contributed by atoms with Crippen LogP contribution in [0, 0.1) is 0 Å². The number of hydrogen-bond acceptors (Lipinski definition) is 4. The zero-order valence-corrected chi connectivity index (χ0v) is 27.8. The van der Waals surface area contributed by atoms with E-state index in [-0.39, 0.29) is 0 Å². The van der Waals surface area contributed by atoms with Gasteiger partial charge >= 0.3 is 0 Å². The molecule has 4 aromatic heterocycles. The van der Waals surface area contributed by atoms with Gasteiger partial charge in [-0.05, 0) is 46.5 Å². The van der Waals surface area contributed by atoms with E-state index in [4.69, 9.17) is 0 Å². The predicted molar refractivity (Wildman–Crippen MR) is 207 cm³/mol. The van der Waals surface area contributed by atoms with Gasteiger partial charge < -0.3 is 0 Å². The monoisotopic (exact) mass is 656 g/mol. The Labute approximate surface area is 282 Å². The van der Waals surface area contributed by atoms with Crippen LogP contribution in [-0.4, -0.2) is 0 Å². The SMILES string of the molecule is c1ccc(-c2sc(-c3ccccc3)c3cc4c(cc23)sc2c3cc5c(-c6ccccc6)sc(-c6ccccc6)c5cc3sc42)cc1. The smallest absolute Gasteiger partial charge is 0.0542 e. The van der Waals surface area contributed by atoms with Crippen LogP contribution in [0.3, 0.4) is 0 Å². The van der Waals surface area contributed by atoms with Crippen molar-refractivity contribution in [2.75, 3.05) is 0 Å². The van der Waals surface area contributed by atoms with Crippen LogP contribution in [0.2, 0.25) is 0 Å². The molecule has 0 aliphatic rings. The van der Waals surface area contributed by atoms with Gasteiger partial charge in [0.05, 0.1) is 9.40 Å². The number of fused-ring (bicyclic) bond motifs is 7. The summed E-state index contributed by atoms with van der Waals surface area (Å²) in [6.07, 6.45) is 0. The van der Waals surface area contributed by atoms with E-state index < -0.39 is 0 Å². The van der Waals surface area contributed by atoms with Gasteiger partial charge in [-0.25, -0.2) is 0 Å². The van der Waals surface area contributed by atoms with Crippen LogP contribution in [-0.2, 0) is 0 Å². The lowest BCUT2D eigenvalue weighted by Crippen LogP contribution is -1.75. The average molecular weight is 657 g/mol. The van der Waals surface area contributed by atoms with Crippen LogP contribution in [0.15, 0.2) is 146 Å². The minimum Gasteiger partial charge on any atom is -0.134 e. The molecule has 4 heterocycles. The molecule has 4 heteroatoms. The first kappa shape index (κ1) is 26.6. The van der Waals surface area contributed by atoms with E-state index >= 15 is 0 Å². The minimum absolute atomic E-state index is 1.28. The van der Waals surface area contributed by atoms with Crippen LogP contribution < -0.4 is 0 Å². The van der Waals surface area contributed by atoms with Gasteiger partial charge in [-0.3, -0.25) is 0 Å². The summed E-state index contributed by atoms with van der Waals surface area (Å²) in [5, 5.41) is 8.13. The predicted octanol–water partition coefficient (Wildman–Crippen LogP) is 14.4. The van der Waals surface area contributed by atoms with Crippen LogP contribution in [0.5, 0.6) is 0 Å². The van der Waals surface area contributed by atoms with E-state index in [0.29, 0.717) is 0 Å². The normalized spacial score (nSPS) is 11.9. The molecule has 6 aromatic carbocycles. The van der Waals surface area contributed by atoms with Gasteiger partial charge in [-0.2, -0.15) is 0 Å². The highest BCUT2D eigenvalue weighted by atomic mass is 32.1. The largest absolute Gasteiger partial charge is 0.134 e. The Kier molecular flexibility index (Phi) is 6.06. The average Bonchev–Trinajstić information content (AvgIpc) is 3.87. The van der Waals surface area contributed by atoms with Crippen molar-refractivity contribution in [2.45, 2.75) is 0 Å². The zero-order valence-electron chi connectivity index (χ0n) is 24.5. The molecule has 0 aliphatic heterocycles. The van der Waals surface area contributed by atoms with Gasteiger partial charge in [0.2, 0.25) is 0 Å². The molecular formula is C42H24S4. The Morgan fingerprint density at radius 1 is 0.261 bits per heavy atom. The van der Waals surface area contributed by atoms with Crippen molar-refractivity contribution in [3.05, 3.63) is 146 Å². The number of thiophene rings is 4. The molecule has 216 valence electrons. The first-order chi connectivity index (χ1) is 22.8. The van der Waals surface area contributed by atoms with Gasteiger partial charge in [0.1, 0.15) is 0 Å². The molecule has 0 atom stereocenters. The van der Waals surface area contributed by atoms with Crippen molar-refractivity contribution in [3.63, 3.8) is 0 Å². The van der Waals surface area contributed by atoms with Crippen molar-refractivity contribution >= 4 is 96.5 Å². The summed E-state index contributed by atoms with van der Waals surface area (Å²) in [6, 6.07) is 53.4. The van der Waals surface area contributed by atoms with E-state index in [1.807, 2.05) is 45.3 Å². The molecule has 0 spiro atoms. The Balaban J connectivity index is 1.26. The van der Waals surface area contributed by atoms with E-state index in [2.05, 4.69) is 146 Å². The van der Waals surface area contributed by atoms with Crippen molar-refractivity contribution < 1.29 is 0 Å². The quantitative estimate of drug-likeness (QED) is 0.177. The van der Waals surface area contributed by atoms with Crippen molar-refractivity contribution in [2.24, 2.45) is 0 Å². The summed E-state index contributed by atoms with van der Waals surface area (Å²) in [5.74, 6) is 0. The molecule has 0 nitrogen and oxygen atoms in total. The third-order valence-electron chi connectivity index (χ3n) is 8.89. The summed E-state index contributed by atoms with van der Waals surface area (Å²) in [5.41, 5.74) is 5.13. The molecule has 0 saturated carbocycles. The van der Waals surface area contributed by atoms with Gasteiger partial charge in [-0.1, -0.05) is 121 Å². The molecule has 0 aliphatic carbocycles. The summed E-state index contributed by atoms with van der Waals surface area (Å²) in [6.45, 7) is 0. The maximum absolute atomic E-state index is 2.48. The molecule has 0 unspecified atom stereocenters. The molecule has 10 aromatic rings. The van der Waals surface area contributed by atoms with E-state index in [1.165, 1.54) is 92.9 Å². The molecule has 0 amide bonds. The van der Waals surface area contributed by atoms with Gasteiger partial charge in [0.25, 0.3) is 0 Å². The lowest BCUT2D eigenvalue weighted by molar-refractivity contribution is 1.71. The second-order valence-corrected chi connectivity index (χ2v) is 15.8. The van der Waals surface area contributed by atoms with E-state index in [9.17, 15) is 0 Å². The maximum atomic E-state index is 2.48. The summed E-state index contributed by atoms with van der Waals surface area (Å²) >= 11 is 7.74. The second kappa shape index (κ2) is 10.5. The fraction of sp³-hybridized carbons (Fsp3) is 0. The molecule has 0 fully saturated rings. The van der Waals surface area contributed by atoms with Gasteiger partial charge in [-0.15, -0.1) is 45.3 Å². The maximum Gasteiger partial charge on any atom is 0.0542 e. The lowest BCUT2D eigenvalue weighted by Gasteiger charge is -2.01. The number of benzene rings is 6. The summed E-state index contributed by atoms with van der Waals surface area (Å²) < 4.78 is 5.54. The topological polar surface area (TPSA) is 0 Å². The number of hydrogen-bond donors (Lipinski definition) is 0. The van der Waals surface area contributed by atoms with E-state index in [1.54, 1.807) is 0 Å². The summed E-state index contributed by atoms with van der Waals surface area (Å²) in [4.78, 5) is 5.38. The standard InChI is InChI=1S/C42H24S4/c1-5-13-25(14-6-1)37-29-21-33-35(23-31(29)39(45-37)27-17-9-3-10-18-27)43-42-34-22-30-32(24-36(34)44-41(33)42)40(28-19-11-4-12-20-28)46-38(30)26-15-7-2-8-16-26/h1-24H. The minimum atomic E-state index is 1.28. The van der Waals surface area contributed by atoms with Gasteiger partial charge in [0, 0.05) is 61.2 Å².